The normalized spacial score (nSPS) is 12.9. The minimum absolute atomic E-state index is 0.0422. The average molecular weight is 465 g/mol. The number of nitrogen functional groups attached to an aromatic ring is 1. The number of furan rings is 1. The topological polar surface area (TPSA) is 158 Å². The highest BCUT2D eigenvalue weighted by atomic mass is 16.6. The molecule has 0 aliphatic carbocycles. The van der Waals surface area contributed by atoms with Gasteiger partial charge in [-0.1, -0.05) is 6.07 Å². The number of alkyl carbamates (subject to hydrolysis) is 1. The Morgan fingerprint density at radius 1 is 1.18 bits per heavy atom. The second-order valence-corrected chi connectivity index (χ2v) is 7.35. The van der Waals surface area contributed by atoms with Gasteiger partial charge in [-0.25, -0.2) is 14.8 Å². The summed E-state index contributed by atoms with van der Waals surface area (Å²) < 4.78 is 15.9. The molecule has 0 radical (unpaired) electrons. The van der Waals surface area contributed by atoms with Gasteiger partial charge >= 0.3 is 6.09 Å². The summed E-state index contributed by atoms with van der Waals surface area (Å²) in [6.07, 6.45) is 0.875. The lowest BCUT2D eigenvalue weighted by Crippen LogP contribution is -2.31. The van der Waals surface area contributed by atoms with Gasteiger partial charge in [0.05, 0.1) is 24.2 Å². The van der Waals surface area contributed by atoms with E-state index in [2.05, 4.69) is 25.6 Å². The third-order valence-corrected chi connectivity index (χ3v) is 4.81. The van der Waals surface area contributed by atoms with Gasteiger partial charge in [-0.05, 0) is 37.3 Å². The summed E-state index contributed by atoms with van der Waals surface area (Å²) >= 11 is 0. The number of hydrogen-bond donors (Lipinski definition) is 3. The van der Waals surface area contributed by atoms with Gasteiger partial charge in [0.2, 0.25) is 5.95 Å². The number of nitrogens with one attached hydrogen (secondary N) is 2. The third-order valence-electron chi connectivity index (χ3n) is 4.81. The Labute approximate surface area is 194 Å². The van der Waals surface area contributed by atoms with Crippen molar-refractivity contribution in [3.8, 4) is 11.5 Å². The predicted octanol–water partition coefficient (Wildman–Crippen LogP) is 1.98. The molecule has 12 nitrogen and oxygen atoms in total. The van der Waals surface area contributed by atoms with Gasteiger partial charge < -0.3 is 29.8 Å². The van der Waals surface area contributed by atoms with E-state index in [0.717, 1.165) is 0 Å². The van der Waals surface area contributed by atoms with Crippen LogP contribution in [0.5, 0.6) is 0 Å². The molecule has 4 N–H and O–H groups in total. The highest BCUT2D eigenvalue weighted by molar-refractivity contribution is 5.93. The summed E-state index contributed by atoms with van der Waals surface area (Å²) in [6.45, 7) is 2.21. The number of nitrogens with two attached hydrogens (primary N) is 1. The summed E-state index contributed by atoms with van der Waals surface area (Å²) in [5.74, 6) is 1.14. The minimum atomic E-state index is -0.624. The first kappa shape index (κ1) is 22.6. The number of anilines is 1. The molecule has 3 aromatic rings. The van der Waals surface area contributed by atoms with Crippen LogP contribution in [0.2, 0.25) is 0 Å². The van der Waals surface area contributed by atoms with E-state index in [1.807, 2.05) is 0 Å². The van der Waals surface area contributed by atoms with E-state index in [9.17, 15) is 9.59 Å². The molecule has 1 aliphatic rings. The number of allylic oxidation sites excluding steroid dienone is 1. The van der Waals surface area contributed by atoms with Crippen molar-refractivity contribution in [1.82, 2.24) is 30.5 Å². The van der Waals surface area contributed by atoms with Gasteiger partial charge in [-0.3, -0.25) is 15.1 Å². The van der Waals surface area contributed by atoms with Crippen LogP contribution in [0.15, 0.2) is 58.7 Å². The van der Waals surface area contributed by atoms with Crippen LogP contribution in [0.3, 0.4) is 0 Å². The first-order chi connectivity index (χ1) is 16.4. The van der Waals surface area contributed by atoms with Crippen molar-refractivity contribution in [3.05, 3.63) is 71.3 Å². The molecule has 0 aromatic carbocycles. The third kappa shape index (κ3) is 5.41. The van der Waals surface area contributed by atoms with Crippen LogP contribution in [-0.4, -0.2) is 45.6 Å². The highest BCUT2D eigenvalue weighted by Crippen LogP contribution is 2.19. The van der Waals surface area contributed by atoms with Crippen LogP contribution in [-0.2, 0) is 22.6 Å². The fourth-order valence-corrected chi connectivity index (χ4v) is 3.15. The molecule has 12 heteroatoms. The fourth-order valence-electron chi connectivity index (χ4n) is 3.15. The first-order valence-electron chi connectivity index (χ1n) is 10.3. The van der Waals surface area contributed by atoms with Crippen molar-refractivity contribution in [1.29, 1.82) is 0 Å². The number of pyridine rings is 1. The molecular formula is C22H23N7O5. The number of aromatic nitrogens is 3. The van der Waals surface area contributed by atoms with Gasteiger partial charge in [0.1, 0.15) is 23.8 Å². The fraction of sp³-hybridized carbons (Fsp3) is 0.227. The molecule has 4 heterocycles. The summed E-state index contributed by atoms with van der Waals surface area (Å²) in [5, 5.41) is 5.39. The van der Waals surface area contributed by atoms with Gasteiger partial charge in [-0.15, -0.1) is 0 Å². The Balaban J connectivity index is 1.33. The average Bonchev–Trinajstić information content (AvgIpc) is 3.47. The Morgan fingerprint density at radius 2 is 2.00 bits per heavy atom. The van der Waals surface area contributed by atoms with Crippen molar-refractivity contribution in [2.45, 2.75) is 20.1 Å². The summed E-state index contributed by atoms with van der Waals surface area (Å²) in [4.78, 5) is 38.9. The largest absolute Gasteiger partial charge is 0.474 e. The Morgan fingerprint density at radius 3 is 2.74 bits per heavy atom. The number of rotatable bonds is 7. The molecule has 4 rings (SSSR count). The van der Waals surface area contributed by atoms with Crippen molar-refractivity contribution in [3.63, 3.8) is 0 Å². The van der Waals surface area contributed by atoms with Crippen molar-refractivity contribution in [2.24, 2.45) is 0 Å². The smallest absolute Gasteiger partial charge is 0.413 e. The van der Waals surface area contributed by atoms with E-state index in [-0.39, 0.29) is 24.8 Å². The Bertz CT molecular complexity index is 1230. The second kappa shape index (κ2) is 9.90. The minimum Gasteiger partial charge on any atom is -0.474 e. The monoisotopic (exact) mass is 465 g/mol. The number of hydrogen-bond acceptors (Lipinski definition) is 10. The molecule has 0 bridgehead atoms. The van der Waals surface area contributed by atoms with Crippen LogP contribution in [0, 0.1) is 0 Å². The number of carbonyl (C=O) groups excluding carboxylic acids is 2. The Hall–Kier alpha value is -4.61. The first-order valence-corrected chi connectivity index (χ1v) is 10.3. The zero-order chi connectivity index (χ0) is 24.1. The molecule has 0 fully saturated rings. The van der Waals surface area contributed by atoms with E-state index in [1.54, 1.807) is 49.2 Å². The summed E-state index contributed by atoms with van der Waals surface area (Å²) in [6, 6.07) is 10.1. The lowest BCUT2D eigenvalue weighted by Gasteiger charge is -2.14. The van der Waals surface area contributed by atoms with Crippen molar-refractivity contribution >= 4 is 17.9 Å². The van der Waals surface area contributed by atoms with Crippen molar-refractivity contribution in [2.75, 3.05) is 19.5 Å². The molecule has 0 unspecified atom stereocenters. The molecule has 2 amide bonds. The lowest BCUT2D eigenvalue weighted by atomic mass is 10.2. The van der Waals surface area contributed by atoms with Gasteiger partial charge in [0.15, 0.2) is 18.3 Å². The van der Waals surface area contributed by atoms with Crippen LogP contribution in [0.4, 0.5) is 10.7 Å². The number of nitrogens with zero attached hydrogens (tertiary/aromatic N) is 4. The maximum Gasteiger partial charge on any atom is 0.413 e. The number of carbonyl (C=O) groups is 2. The van der Waals surface area contributed by atoms with E-state index < -0.39 is 12.0 Å². The standard InChI is InChI=1S/C22H23N7O5/c1-13-19(29(2)12-34-13)28-22(31)33-11-15-6-3-5-14(25-15)10-24-20(30)17-9-16(26-21(23)27-17)18-7-4-8-32-18/h3-9H,10-12H2,1-2H3,(H,24,30)(H,28,31)(H2,23,26,27). The molecule has 0 spiro atoms. The zero-order valence-electron chi connectivity index (χ0n) is 18.6. The molecular weight excluding hydrogens is 442 g/mol. The summed E-state index contributed by atoms with van der Waals surface area (Å²) in [7, 11) is 1.79. The molecule has 176 valence electrons. The number of ether oxygens (including phenoxy) is 2. The van der Waals surface area contributed by atoms with Crippen LogP contribution >= 0.6 is 0 Å². The maximum absolute atomic E-state index is 12.6. The van der Waals surface area contributed by atoms with Gasteiger partial charge in [0.25, 0.3) is 5.91 Å². The maximum atomic E-state index is 12.6. The summed E-state index contributed by atoms with van der Waals surface area (Å²) in [5.41, 5.74) is 7.34. The van der Waals surface area contributed by atoms with Crippen LogP contribution < -0.4 is 16.4 Å². The molecule has 1 aliphatic heterocycles. The molecule has 0 saturated heterocycles. The van der Waals surface area contributed by atoms with E-state index >= 15 is 0 Å². The van der Waals surface area contributed by atoms with E-state index in [1.165, 1.54) is 12.3 Å². The van der Waals surface area contributed by atoms with Gasteiger partial charge in [-0.2, -0.15) is 0 Å². The van der Waals surface area contributed by atoms with Crippen LogP contribution in [0.1, 0.15) is 28.8 Å². The molecule has 0 saturated carbocycles. The predicted molar refractivity (Wildman–Crippen MR) is 119 cm³/mol. The SMILES string of the molecule is CC1=C(NC(=O)OCc2cccc(CNC(=O)c3cc(-c4ccco4)nc(N)n3)n2)N(C)CO1. The molecule has 0 atom stereocenters. The number of amides is 2. The highest BCUT2D eigenvalue weighted by Gasteiger charge is 2.20. The van der Waals surface area contributed by atoms with Crippen molar-refractivity contribution < 1.29 is 23.5 Å². The van der Waals surface area contributed by atoms with E-state index in [0.29, 0.717) is 41.2 Å². The zero-order valence-corrected chi connectivity index (χ0v) is 18.6. The molecule has 34 heavy (non-hydrogen) atoms. The van der Waals surface area contributed by atoms with Gasteiger partial charge in [0, 0.05) is 7.05 Å². The van der Waals surface area contributed by atoms with Crippen LogP contribution in [0.25, 0.3) is 11.5 Å². The Kier molecular flexibility index (Phi) is 6.57. The van der Waals surface area contributed by atoms with E-state index in [4.69, 9.17) is 19.6 Å². The molecule has 3 aromatic heterocycles. The quantitative estimate of drug-likeness (QED) is 0.471. The second-order valence-electron chi connectivity index (χ2n) is 7.35. The lowest BCUT2D eigenvalue weighted by molar-refractivity contribution is 0.0945.